The topological polar surface area (TPSA) is 29.3 Å². The number of nitrogens with zero attached hydrogens (tertiary/aromatic N) is 1. The summed E-state index contributed by atoms with van der Waals surface area (Å²) in [4.78, 5) is 2.34. The van der Waals surface area contributed by atoms with Gasteiger partial charge in [-0.3, -0.25) is 4.90 Å². The Labute approximate surface area is 114 Å². The summed E-state index contributed by atoms with van der Waals surface area (Å²) < 4.78 is 14.1. The molecule has 0 aliphatic carbocycles. The first-order valence-electron chi connectivity index (χ1n) is 6.75. The van der Waals surface area contributed by atoms with Gasteiger partial charge in [-0.1, -0.05) is 17.9 Å². The van der Waals surface area contributed by atoms with E-state index in [1.807, 2.05) is 12.1 Å². The van der Waals surface area contributed by atoms with E-state index in [9.17, 15) is 4.39 Å². The van der Waals surface area contributed by atoms with Crippen molar-refractivity contribution in [1.82, 2.24) is 4.90 Å². The Hall–Kier alpha value is -1.37. The lowest BCUT2D eigenvalue weighted by Crippen LogP contribution is -2.37. The molecule has 0 atom stereocenters. The summed E-state index contributed by atoms with van der Waals surface area (Å²) in [5.41, 5.74) is 6.91. The van der Waals surface area contributed by atoms with Gasteiger partial charge < -0.3 is 5.73 Å². The molecule has 19 heavy (non-hydrogen) atoms. The Morgan fingerprint density at radius 2 is 2.21 bits per heavy atom. The van der Waals surface area contributed by atoms with Crippen molar-refractivity contribution in [2.75, 3.05) is 13.1 Å². The minimum atomic E-state index is -0.175. The van der Waals surface area contributed by atoms with Crippen LogP contribution in [0.3, 0.4) is 0 Å². The normalized spacial score (nSPS) is 18.1. The van der Waals surface area contributed by atoms with Crippen molar-refractivity contribution >= 4 is 0 Å². The number of nitrogens with two attached hydrogens (primary N) is 1. The summed E-state index contributed by atoms with van der Waals surface area (Å²) in [6.07, 6.45) is 2.36. The Morgan fingerprint density at radius 1 is 1.42 bits per heavy atom. The van der Waals surface area contributed by atoms with E-state index in [1.165, 1.54) is 18.9 Å². The number of likely N-dealkylation sites (tertiary alicyclic amines) is 1. The van der Waals surface area contributed by atoms with Crippen LogP contribution in [0.2, 0.25) is 0 Å². The lowest BCUT2D eigenvalue weighted by Gasteiger charge is -2.31. The number of benzene rings is 1. The summed E-state index contributed by atoms with van der Waals surface area (Å²) >= 11 is 0. The summed E-state index contributed by atoms with van der Waals surface area (Å²) in [6, 6.07) is 5.20. The zero-order valence-electron chi connectivity index (χ0n) is 11.7. The molecule has 0 unspecified atom stereocenters. The van der Waals surface area contributed by atoms with Crippen LogP contribution in [0.25, 0.3) is 0 Å². The molecule has 0 aromatic heterocycles. The minimum absolute atomic E-state index is 0.171. The first-order valence-corrected chi connectivity index (χ1v) is 6.75. The van der Waals surface area contributed by atoms with Gasteiger partial charge in [0.05, 0.1) is 6.54 Å². The highest BCUT2D eigenvalue weighted by atomic mass is 19.1. The lowest BCUT2D eigenvalue weighted by molar-refractivity contribution is 0.164. The third kappa shape index (κ3) is 3.34. The van der Waals surface area contributed by atoms with Gasteiger partial charge in [0.2, 0.25) is 0 Å². The first kappa shape index (κ1) is 14.0. The fourth-order valence-electron chi connectivity index (χ4n) is 2.57. The first-order chi connectivity index (χ1) is 9.03. The van der Waals surface area contributed by atoms with Crippen molar-refractivity contribution in [1.29, 1.82) is 0 Å². The molecule has 2 nitrogen and oxygen atoms in total. The zero-order valence-corrected chi connectivity index (χ0v) is 11.7. The SMILES string of the molecule is CC1(C)CCCN1Cc1ccc(C#CCN)cc1F. The van der Waals surface area contributed by atoms with Crippen molar-refractivity contribution in [3.8, 4) is 11.8 Å². The van der Waals surface area contributed by atoms with Crippen molar-refractivity contribution in [3.63, 3.8) is 0 Å². The van der Waals surface area contributed by atoms with E-state index in [0.717, 1.165) is 12.1 Å². The van der Waals surface area contributed by atoms with Crippen LogP contribution in [0.1, 0.15) is 37.8 Å². The van der Waals surface area contributed by atoms with Crippen molar-refractivity contribution in [2.24, 2.45) is 5.73 Å². The van der Waals surface area contributed by atoms with Gasteiger partial charge in [-0.2, -0.15) is 0 Å². The molecular formula is C16H21FN2. The molecule has 0 bridgehead atoms. The summed E-state index contributed by atoms with van der Waals surface area (Å²) in [5, 5.41) is 0. The third-order valence-electron chi connectivity index (χ3n) is 3.82. The van der Waals surface area contributed by atoms with Crippen LogP contribution in [0.4, 0.5) is 4.39 Å². The van der Waals surface area contributed by atoms with Crippen LogP contribution in [0.15, 0.2) is 18.2 Å². The van der Waals surface area contributed by atoms with Gasteiger partial charge in [-0.15, -0.1) is 0 Å². The maximum absolute atomic E-state index is 14.1. The van der Waals surface area contributed by atoms with E-state index in [2.05, 4.69) is 30.6 Å². The van der Waals surface area contributed by atoms with Gasteiger partial charge in [-0.25, -0.2) is 4.39 Å². The predicted octanol–water partition coefficient (Wildman–Crippen LogP) is 2.51. The largest absolute Gasteiger partial charge is 0.320 e. The summed E-state index contributed by atoms with van der Waals surface area (Å²) in [6.45, 7) is 6.45. The molecule has 1 fully saturated rings. The molecule has 1 saturated heterocycles. The van der Waals surface area contributed by atoms with Crippen molar-refractivity contribution in [3.05, 3.63) is 35.1 Å². The second kappa shape index (κ2) is 5.73. The Bertz CT molecular complexity index is 511. The molecule has 1 aliphatic heterocycles. The highest BCUT2D eigenvalue weighted by Gasteiger charge is 2.31. The average Bonchev–Trinajstić information content (AvgIpc) is 2.69. The third-order valence-corrected chi connectivity index (χ3v) is 3.82. The molecule has 1 aromatic carbocycles. The Kier molecular flexibility index (Phi) is 4.24. The fraction of sp³-hybridized carbons (Fsp3) is 0.500. The smallest absolute Gasteiger partial charge is 0.128 e. The van der Waals surface area contributed by atoms with Crippen LogP contribution >= 0.6 is 0 Å². The van der Waals surface area contributed by atoms with Crippen LogP contribution in [0.5, 0.6) is 0 Å². The highest BCUT2D eigenvalue weighted by molar-refractivity contribution is 5.37. The fourth-order valence-corrected chi connectivity index (χ4v) is 2.57. The predicted molar refractivity (Wildman–Crippen MR) is 76.1 cm³/mol. The summed E-state index contributed by atoms with van der Waals surface area (Å²) in [5.74, 6) is 5.42. The Balaban J connectivity index is 2.13. The Morgan fingerprint density at radius 3 is 2.79 bits per heavy atom. The van der Waals surface area contributed by atoms with Gasteiger partial charge in [-0.05, 0) is 45.4 Å². The number of hydrogen-bond acceptors (Lipinski definition) is 2. The van der Waals surface area contributed by atoms with Crippen molar-refractivity contribution in [2.45, 2.75) is 38.8 Å². The van der Waals surface area contributed by atoms with E-state index in [1.54, 1.807) is 0 Å². The van der Waals surface area contributed by atoms with Gasteiger partial charge in [0, 0.05) is 23.2 Å². The minimum Gasteiger partial charge on any atom is -0.320 e. The monoisotopic (exact) mass is 260 g/mol. The molecule has 0 amide bonds. The number of halogens is 1. The van der Waals surface area contributed by atoms with Crippen LogP contribution in [0, 0.1) is 17.7 Å². The second-order valence-corrected chi connectivity index (χ2v) is 5.65. The standard InChI is InChI=1S/C16H21FN2/c1-16(2)8-4-10-19(16)12-14-7-6-13(5-3-9-18)11-15(14)17/h6-7,11H,4,8-10,12,18H2,1-2H3. The lowest BCUT2D eigenvalue weighted by atomic mass is 10.0. The van der Waals surface area contributed by atoms with Gasteiger partial charge in [0.25, 0.3) is 0 Å². The zero-order chi connectivity index (χ0) is 13.9. The molecule has 1 aliphatic rings. The highest BCUT2D eigenvalue weighted by Crippen LogP contribution is 2.30. The van der Waals surface area contributed by atoms with Gasteiger partial charge in [0.1, 0.15) is 5.82 Å². The summed E-state index contributed by atoms with van der Waals surface area (Å²) in [7, 11) is 0. The molecule has 102 valence electrons. The van der Waals surface area contributed by atoms with E-state index in [0.29, 0.717) is 18.7 Å². The molecule has 1 aromatic rings. The molecule has 3 heteroatoms. The van der Waals surface area contributed by atoms with E-state index in [-0.39, 0.29) is 11.4 Å². The number of hydrogen-bond donors (Lipinski definition) is 1. The average molecular weight is 260 g/mol. The molecule has 2 rings (SSSR count). The van der Waals surface area contributed by atoms with Crippen LogP contribution in [-0.2, 0) is 6.54 Å². The molecule has 0 radical (unpaired) electrons. The maximum atomic E-state index is 14.1. The molecule has 1 heterocycles. The second-order valence-electron chi connectivity index (χ2n) is 5.65. The quantitative estimate of drug-likeness (QED) is 0.828. The molecule has 0 saturated carbocycles. The van der Waals surface area contributed by atoms with Gasteiger partial charge >= 0.3 is 0 Å². The number of rotatable bonds is 2. The van der Waals surface area contributed by atoms with Crippen molar-refractivity contribution < 1.29 is 4.39 Å². The maximum Gasteiger partial charge on any atom is 0.128 e. The molecule has 0 spiro atoms. The van der Waals surface area contributed by atoms with E-state index in [4.69, 9.17) is 5.73 Å². The van der Waals surface area contributed by atoms with Gasteiger partial charge in [0.15, 0.2) is 0 Å². The van der Waals surface area contributed by atoms with Crippen LogP contribution in [-0.4, -0.2) is 23.5 Å². The van der Waals surface area contributed by atoms with Crippen LogP contribution < -0.4 is 5.73 Å². The molecule has 2 N–H and O–H groups in total. The molecular weight excluding hydrogens is 239 g/mol. The van der Waals surface area contributed by atoms with E-state index < -0.39 is 0 Å². The van der Waals surface area contributed by atoms with E-state index >= 15 is 0 Å².